The summed E-state index contributed by atoms with van der Waals surface area (Å²) in [6.07, 6.45) is 0. The predicted octanol–water partition coefficient (Wildman–Crippen LogP) is 1.07. The van der Waals surface area contributed by atoms with Gasteiger partial charge in [0.15, 0.2) is 20.8 Å². The number of hydrogen-bond donors (Lipinski definition) is 1. The molecule has 1 aromatic rings. The van der Waals surface area contributed by atoms with Gasteiger partial charge in [0.2, 0.25) is 0 Å². The largest absolute Gasteiger partial charge is 0.440 e. The quantitative estimate of drug-likeness (QED) is 0.829. The highest BCUT2D eigenvalue weighted by atomic mass is 35.5. The van der Waals surface area contributed by atoms with E-state index in [9.17, 15) is 13.2 Å². The molecule has 1 fully saturated rings. The third kappa shape index (κ3) is 2.94. The van der Waals surface area contributed by atoms with Gasteiger partial charge in [-0.15, -0.1) is 11.6 Å². The van der Waals surface area contributed by atoms with Crippen molar-refractivity contribution in [1.82, 2.24) is 5.32 Å². The van der Waals surface area contributed by atoms with E-state index >= 15 is 0 Å². The molecule has 1 aromatic heterocycles. The van der Waals surface area contributed by atoms with Crippen molar-refractivity contribution in [2.45, 2.75) is 11.4 Å². The van der Waals surface area contributed by atoms with Gasteiger partial charge in [-0.3, -0.25) is 4.79 Å². The van der Waals surface area contributed by atoms with Crippen LogP contribution in [0.3, 0.4) is 0 Å². The minimum Gasteiger partial charge on any atom is -0.440 e. The highest BCUT2D eigenvalue weighted by molar-refractivity contribution is 7.91. The molecule has 1 saturated heterocycles. The van der Waals surface area contributed by atoms with Crippen molar-refractivity contribution in [2.75, 3.05) is 11.5 Å². The Bertz CT molecular complexity index is 539. The van der Waals surface area contributed by atoms with E-state index in [-0.39, 0.29) is 22.5 Å². The number of furan rings is 1. The Morgan fingerprint density at radius 3 is 2.59 bits per heavy atom. The molecule has 2 atom stereocenters. The Labute approximate surface area is 108 Å². The van der Waals surface area contributed by atoms with Gasteiger partial charge >= 0.3 is 0 Å². The molecule has 2 rings (SSSR count). The van der Waals surface area contributed by atoms with Crippen molar-refractivity contribution >= 4 is 38.9 Å². The Hall–Kier alpha value is -0.720. The molecule has 0 radical (unpaired) electrons. The molecular formula is C9H9Cl2NO4S. The fourth-order valence-corrected chi connectivity index (χ4v) is 4.31. The highest BCUT2D eigenvalue weighted by Gasteiger charge is 2.37. The Morgan fingerprint density at radius 1 is 1.41 bits per heavy atom. The third-order valence-electron chi connectivity index (χ3n) is 2.40. The first-order valence-electron chi connectivity index (χ1n) is 4.78. The lowest BCUT2D eigenvalue weighted by Crippen LogP contribution is -2.40. The molecule has 0 saturated carbocycles. The third-order valence-corrected chi connectivity index (χ3v) is 4.98. The van der Waals surface area contributed by atoms with Crippen molar-refractivity contribution in [3.63, 3.8) is 0 Å². The van der Waals surface area contributed by atoms with Gasteiger partial charge in [-0.1, -0.05) is 0 Å². The SMILES string of the molecule is O=C(NC1CS(=O)(=O)CC1Cl)c1ccc(Cl)o1. The van der Waals surface area contributed by atoms with Gasteiger partial charge in [-0.25, -0.2) is 8.42 Å². The maximum atomic E-state index is 11.7. The molecule has 8 heteroatoms. The molecular weight excluding hydrogens is 289 g/mol. The minimum atomic E-state index is -3.17. The number of carbonyl (C=O) groups excluding carboxylic acids is 1. The molecule has 5 nitrogen and oxygen atoms in total. The molecule has 94 valence electrons. The smallest absolute Gasteiger partial charge is 0.287 e. The second-order valence-corrected chi connectivity index (χ2v) is 6.86. The van der Waals surface area contributed by atoms with Gasteiger partial charge < -0.3 is 9.73 Å². The summed E-state index contributed by atoms with van der Waals surface area (Å²) in [6, 6.07) is 2.24. The van der Waals surface area contributed by atoms with Gasteiger partial charge in [0, 0.05) is 0 Å². The number of alkyl halides is 1. The molecule has 0 spiro atoms. The van der Waals surface area contributed by atoms with Crippen LogP contribution in [-0.2, 0) is 9.84 Å². The van der Waals surface area contributed by atoms with E-state index in [1.165, 1.54) is 12.1 Å². The summed E-state index contributed by atoms with van der Waals surface area (Å²) in [4.78, 5) is 11.7. The van der Waals surface area contributed by atoms with E-state index in [2.05, 4.69) is 5.32 Å². The van der Waals surface area contributed by atoms with E-state index in [4.69, 9.17) is 27.6 Å². The van der Waals surface area contributed by atoms with Gasteiger partial charge in [0.1, 0.15) is 0 Å². The average molecular weight is 298 g/mol. The maximum Gasteiger partial charge on any atom is 0.287 e. The van der Waals surface area contributed by atoms with E-state index in [0.717, 1.165) is 0 Å². The van der Waals surface area contributed by atoms with Gasteiger partial charge in [0.05, 0.1) is 22.9 Å². The van der Waals surface area contributed by atoms with Crippen molar-refractivity contribution in [1.29, 1.82) is 0 Å². The van der Waals surface area contributed by atoms with Crippen LogP contribution in [-0.4, -0.2) is 37.2 Å². The summed E-state index contributed by atoms with van der Waals surface area (Å²) in [5, 5.41) is 1.99. The van der Waals surface area contributed by atoms with E-state index in [1.54, 1.807) is 0 Å². The molecule has 0 aliphatic carbocycles. The lowest BCUT2D eigenvalue weighted by molar-refractivity contribution is 0.0913. The molecule has 1 aliphatic rings. The highest BCUT2D eigenvalue weighted by Crippen LogP contribution is 2.19. The summed E-state index contributed by atoms with van der Waals surface area (Å²) >= 11 is 11.4. The molecule has 0 aromatic carbocycles. The number of halogens is 2. The van der Waals surface area contributed by atoms with Crippen LogP contribution in [0.1, 0.15) is 10.6 Å². The molecule has 2 unspecified atom stereocenters. The second-order valence-electron chi connectivity index (χ2n) is 3.78. The Kier molecular flexibility index (Phi) is 3.38. The zero-order valence-electron chi connectivity index (χ0n) is 8.52. The van der Waals surface area contributed by atoms with Gasteiger partial charge in [-0.2, -0.15) is 0 Å². The lowest BCUT2D eigenvalue weighted by atomic mass is 10.2. The number of sulfone groups is 1. The predicted molar refractivity (Wildman–Crippen MR) is 63.3 cm³/mol. The topological polar surface area (TPSA) is 76.4 Å². The zero-order chi connectivity index (χ0) is 12.6. The summed E-state index contributed by atoms with van der Waals surface area (Å²) in [5.41, 5.74) is 0. The van der Waals surface area contributed by atoms with Gasteiger partial charge in [0.25, 0.3) is 5.91 Å². The second kappa shape index (κ2) is 4.51. The first-order valence-corrected chi connectivity index (χ1v) is 7.42. The van der Waals surface area contributed by atoms with E-state index in [0.29, 0.717) is 0 Å². The van der Waals surface area contributed by atoms with Gasteiger partial charge in [-0.05, 0) is 23.7 Å². The molecule has 0 bridgehead atoms. The van der Waals surface area contributed by atoms with Crippen LogP contribution in [0.2, 0.25) is 5.22 Å². The standard InChI is InChI=1S/C9H9Cl2NO4S/c10-5-3-17(14,15)4-6(5)12-9(13)7-1-2-8(11)16-7/h1-2,5-6H,3-4H2,(H,12,13). The molecule has 1 N–H and O–H groups in total. The normalized spacial score (nSPS) is 26.9. The zero-order valence-corrected chi connectivity index (χ0v) is 10.8. The van der Waals surface area contributed by atoms with Crippen molar-refractivity contribution in [2.24, 2.45) is 0 Å². The van der Waals surface area contributed by atoms with Crippen LogP contribution in [0.5, 0.6) is 0 Å². The maximum absolute atomic E-state index is 11.7. The Morgan fingerprint density at radius 2 is 2.12 bits per heavy atom. The fraction of sp³-hybridized carbons (Fsp3) is 0.444. The van der Waals surface area contributed by atoms with Crippen LogP contribution in [0.15, 0.2) is 16.5 Å². The Balaban J connectivity index is 2.05. The number of rotatable bonds is 2. The number of nitrogens with one attached hydrogen (secondary N) is 1. The molecule has 1 aliphatic heterocycles. The minimum absolute atomic E-state index is 0.0307. The summed E-state index contributed by atoms with van der Waals surface area (Å²) in [6.45, 7) is 0. The fourth-order valence-electron chi connectivity index (χ4n) is 1.61. The van der Waals surface area contributed by atoms with Crippen molar-refractivity contribution in [3.8, 4) is 0 Å². The van der Waals surface area contributed by atoms with Crippen molar-refractivity contribution in [3.05, 3.63) is 23.1 Å². The van der Waals surface area contributed by atoms with E-state index in [1.807, 2.05) is 0 Å². The molecule has 17 heavy (non-hydrogen) atoms. The van der Waals surface area contributed by atoms with Crippen LogP contribution in [0.4, 0.5) is 0 Å². The van der Waals surface area contributed by atoms with E-state index < -0.39 is 27.2 Å². The monoisotopic (exact) mass is 297 g/mol. The first kappa shape index (κ1) is 12.7. The molecule has 2 heterocycles. The van der Waals surface area contributed by atoms with Crippen LogP contribution >= 0.6 is 23.2 Å². The summed E-state index contributed by atoms with van der Waals surface area (Å²) < 4.78 is 27.5. The first-order chi connectivity index (χ1) is 7.87. The number of hydrogen-bond acceptors (Lipinski definition) is 4. The van der Waals surface area contributed by atoms with Crippen LogP contribution < -0.4 is 5.32 Å². The molecule has 1 amide bonds. The number of carbonyl (C=O) groups is 1. The lowest BCUT2D eigenvalue weighted by Gasteiger charge is -2.12. The van der Waals surface area contributed by atoms with Crippen LogP contribution in [0.25, 0.3) is 0 Å². The summed E-state index contributed by atoms with van der Waals surface area (Å²) in [7, 11) is -3.17. The summed E-state index contributed by atoms with van der Waals surface area (Å²) in [5.74, 6) is -0.771. The van der Waals surface area contributed by atoms with Crippen molar-refractivity contribution < 1.29 is 17.6 Å². The average Bonchev–Trinajstić information content (AvgIpc) is 2.71. The van der Waals surface area contributed by atoms with Crippen LogP contribution in [0, 0.1) is 0 Å². The number of amides is 1.